The number of aromatic nitrogens is 2. The number of ketones is 1. The number of Topliss-reactive ketones (excluding diaryl/α,β-unsaturated/α-hetero) is 1. The van der Waals surface area contributed by atoms with Crippen molar-refractivity contribution in [2.45, 2.75) is 25.3 Å². The molecule has 0 N–H and O–H groups in total. The van der Waals surface area contributed by atoms with E-state index in [4.69, 9.17) is 16.3 Å². The molecule has 6 nitrogen and oxygen atoms in total. The number of hydrogen-bond donors (Lipinski definition) is 0. The number of carbonyl (C=O) groups is 2. The Labute approximate surface area is 195 Å². The highest BCUT2D eigenvalue weighted by atomic mass is 35.5. The Balaban J connectivity index is 1.15. The van der Waals surface area contributed by atoms with E-state index in [0.29, 0.717) is 38.1 Å². The van der Waals surface area contributed by atoms with E-state index in [2.05, 4.69) is 21.7 Å². The quantitative estimate of drug-likeness (QED) is 0.534. The van der Waals surface area contributed by atoms with E-state index < -0.39 is 5.82 Å². The Morgan fingerprint density at radius 3 is 2.73 bits per heavy atom. The molecular formula is C25H23ClFN3O3. The third kappa shape index (κ3) is 4.25. The Morgan fingerprint density at radius 2 is 1.94 bits per heavy atom. The summed E-state index contributed by atoms with van der Waals surface area (Å²) in [5.74, 6) is -0.191. The van der Waals surface area contributed by atoms with Crippen molar-refractivity contribution in [2.24, 2.45) is 5.92 Å². The third-order valence-electron chi connectivity index (χ3n) is 6.55. The number of fused-ring (bicyclic) bond motifs is 3. The summed E-state index contributed by atoms with van der Waals surface area (Å²) < 4.78 is 20.8. The summed E-state index contributed by atoms with van der Waals surface area (Å²) in [7, 11) is 0. The van der Waals surface area contributed by atoms with Gasteiger partial charge in [0.05, 0.1) is 29.3 Å². The maximum absolute atomic E-state index is 13.3. The molecule has 0 saturated carbocycles. The van der Waals surface area contributed by atoms with Gasteiger partial charge in [-0.15, -0.1) is 0 Å². The minimum atomic E-state index is -0.535. The van der Waals surface area contributed by atoms with Crippen molar-refractivity contribution in [1.29, 1.82) is 0 Å². The Morgan fingerprint density at radius 1 is 1.15 bits per heavy atom. The zero-order valence-electron chi connectivity index (χ0n) is 17.9. The summed E-state index contributed by atoms with van der Waals surface area (Å²) >= 11 is 5.75. The van der Waals surface area contributed by atoms with Crippen LogP contribution in [0.4, 0.5) is 4.39 Å². The normalized spacial score (nSPS) is 17.5. The molecule has 3 aromatic rings. The van der Waals surface area contributed by atoms with Crippen LogP contribution in [0.25, 0.3) is 11.3 Å². The van der Waals surface area contributed by atoms with E-state index in [-0.39, 0.29) is 35.3 Å². The Hall–Kier alpha value is -3.19. The molecule has 1 amide bonds. The summed E-state index contributed by atoms with van der Waals surface area (Å²) in [6.07, 6.45) is 5.34. The lowest BCUT2D eigenvalue weighted by Crippen LogP contribution is -2.42. The minimum Gasteiger partial charge on any atom is -0.484 e. The van der Waals surface area contributed by atoms with Crippen LogP contribution in [0.1, 0.15) is 30.9 Å². The van der Waals surface area contributed by atoms with Gasteiger partial charge in [0.1, 0.15) is 17.3 Å². The molecule has 33 heavy (non-hydrogen) atoms. The largest absolute Gasteiger partial charge is 0.484 e. The number of likely N-dealkylation sites (tertiary alicyclic amines) is 1. The van der Waals surface area contributed by atoms with Crippen LogP contribution in [0.2, 0.25) is 5.02 Å². The number of halogens is 2. The molecular weight excluding hydrogens is 445 g/mol. The molecule has 2 aromatic carbocycles. The number of hydrogen-bond acceptors (Lipinski definition) is 4. The molecule has 0 aliphatic carbocycles. The van der Waals surface area contributed by atoms with Crippen molar-refractivity contribution >= 4 is 23.3 Å². The first kappa shape index (κ1) is 21.6. The molecule has 0 bridgehead atoms. The average Bonchev–Trinajstić information content (AvgIpc) is 3.42. The molecule has 3 heterocycles. The molecule has 1 saturated heterocycles. The van der Waals surface area contributed by atoms with Gasteiger partial charge in [0.25, 0.3) is 5.91 Å². The van der Waals surface area contributed by atoms with Crippen molar-refractivity contribution in [2.75, 3.05) is 19.7 Å². The first-order valence-electron chi connectivity index (χ1n) is 11.0. The van der Waals surface area contributed by atoms with E-state index in [0.717, 1.165) is 16.8 Å². The van der Waals surface area contributed by atoms with Crippen LogP contribution in [0.5, 0.6) is 5.75 Å². The smallest absolute Gasteiger partial charge is 0.260 e. The lowest BCUT2D eigenvalue weighted by Gasteiger charge is -2.31. The number of imidazole rings is 1. The van der Waals surface area contributed by atoms with Crippen molar-refractivity contribution in [3.05, 3.63) is 71.4 Å². The van der Waals surface area contributed by atoms with Gasteiger partial charge in [-0.3, -0.25) is 9.59 Å². The summed E-state index contributed by atoms with van der Waals surface area (Å²) in [4.78, 5) is 31.6. The number of piperidine rings is 1. The van der Waals surface area contributed by atoms with E-state index in [1.807, 2.05) is 18.3 Å². The van der Waals surface area contributed by atoms with Gasteiger partial charge in [-0.25, -0.2) is 9.37 Å². The number of amides is 1. The van der Waals surface area contributed by atoms with E-state index in [9.17, 15) is 14.0 Å². The van der Waals surface area contributed by atoms with Gasteiger partial charge in [-0.05, 0) is 30.5 Å². The highest BCUT2D eigenvalue weighted by molar-refractivity contribution is 6.30. The fourth-order valence-corrected chi connectivity index (χ4v) is 4.92. The van der Waals surface area contributed by atoms with Gasteiger partial charge in [0, 0.05) is 37.1 Å². The Bertz CT molecular complexity index is 1200. The molecule has 1 atom stereocenters. The van der Waals surface area contributed by atoms with Crippen LogP contribution in [0.15, 0.2) is 55.0 Å². The van der Waals surface area contributed by atoms with E-state index in [1.54, 1.807) is 11.2 Å². The SMILES string of the molecule is O=C(CC1c2ccccc2-c2cncn21)C1CCN(C(=O)COc2ccc(F)c(Cl)c2)CC1. The third-order valence-corrected chi connectivity index (χ3v) is 6.84. The van der Waals surface area contributed by atoms with Crippen LogP contribution < -0.4 is 4.74 Å². The van der Waals surface area contributed by atoms with Crippen molar-refractivity contribution in [3.63, 3.8) is 0 Å². The van der Waals surface area contributed by atoms with Crippen molar-refractivity contribution in [1.82, 2.24) is 14.5 Å². The molecule has 1 aromatic heterocycles. The van der Waals surface area contributed by atoms with Gasteiger partial charge >= 0.3 is 0 Å². The molecule has 1 fully saturated rings. The summed E-state index contributed by atoms with van der Waals surface area (Å²) in [6.45, 7) is 0.879. The highest BCUT2D eigenvalue weighted by Gasteiger charge is 2.33. The molecule has 1 unspecified atom stereocenters. The minimum absolute atomic E-state index is 0.0261. The van der Waals surface area contributed by atoms with E-state index in [1.165, 1.54) is 18.2 Å². The molecule has 2 aliphatic rings. The highest BCUT2D eigenvalue weighted by Crippen LogP contribution is 2.41. The molecule has 8 heteroatoms. The molecule has 5 rings (SSSR count). The topological polar surface area (TPSA) is 64.4 Å². The predicted octanol–water partition coefficient (Wildman–Crippen LogP) is 4.52. The summed E-state index contributed by atoms with van der Waals surface area (Å²) in [6, 6.07) is 12.1. The number of nitrogens with zero attached hydrogens (tertiary/aromatic N) is 3. The molecule has 0 spiro atoms. The van der Waals surface area contributed by atoms with Crippen molar-refractivity contribution in [3.8, 4) is 17.0 Å². The van der Waals surface area contributed by atoms with Crippen LogP contribution in [0.3, 0.4) is 0 Å². The molecule has 170 valence electrons. The fraction of sp³-hybridized carbons (Fsp3) is 0.320. The molecule has 2 aliphatic heterocycles. The standard InChI is InChI=1S/C25H23ClFN3O3/c26-20-11-17(5-6-21(20)27)33-14-25(32)29-9-7-16(8-10-29)24(31)12-22-18-3-1-2-4-19(18)23-13-28-15-30(22)23/h1-6,11,13,15-16,22H,7-10,12,14H2. The number of rotatable bonds is 6. The molecule has 0 radical (unpaired) electrons. The lowest BCUT2D eigenvalue weighted by atomic mass is 9.87. The maximum Gasteiger partial charge on any atom is 0.260 e. The van der Waals surface area contributed by atoms with E-state index >= 15 is 0 Å². The van der Waals surface area contributed by atoms with Gasteiger partial charge in [0.2, 0.25) is 0 Å². The first-order valence-corrected chi connectivity index (χ1v) is 11.4. The summed E-state index contributed by atoms with van der Waals surface area (Å²) in [5.41, 5.74) is 3.34. The lowest BCUT2D eigenvalue weighted by molar-refractivity contribution is -0.137. The van der Waals surface area contributed by atoms with Gasteiger partial charge in [-0.1, -0.05) is 35.9 Å². The van der Waals surface area contributed by atoms with Crippen molar-refractivity contribution < 1.29 is 18.7 Å². The van der Waals surface area contributed by atoms with Gasteiger partial charge in [0.15, 0.2) is 6.61 Å². The monoisotopic (exact) mass is 467 g/mol. The zero-order valence-corrected chi connectivity index (χ0v) is 18.7. The number of benzene rings is 2. The first-order chi connectivity index (χ1) is 16.0. The Kier molecular flexibility index (Phi) is 5.89. The second kappa shape index (κ2) is 8.98. The fourth-order valence-electron chi connectivity index (χ4n) is 4.75. The number of ether oxygens (including phenoxy) is 1. The van der Waals surface area contributed by atoms with Crippen LogP contribution in [0, 0.1) is 11.7 Å². The van der Waals surface area contributed by atoms with Crippen LogP contribution in [-0.4, -0.2) is 45.8 Å². The number of carbonyl (C=O) groups excluding carboxylic acids is 2. The maximum atomic E-state index is 13.3. The predicted molar refractivity (Wildman–Crippen MR) is 122 cm³/mol. The second-order valence-electron chi connectivity index (χ2n) is 8.48. The zero-order chi connectivity index (χ0) is 22.9. The average molecular weight is 468 g/mol. The van der Waals surface area contributed by atoms with Crippen LogP contribution in [-0.2, 0) is 9.59 Å². The second-order valence-corrected chi connectivity index (χ2v) is 8.89. The van der Waals surface area contributed by atoms with Crippen LogP contribution >= 0.6 is 11.6 Å². The van der Waals surface area contributed by atoms with Gasteiger partial charge in [-0.2, -0.15) is 0 Å². The summed E-state index contributed by atoms with van der Waals surface area (Å²) in [5, 5.41) is -0.0491. The van der Waals surface area contributed by atoms with Gasteiger partial charge < -0.3 is 14.2 Å².